The first-order valence-corrected chi connectivity index (χ1v) is 13.9. The minimum atomic E-state index is -0.403. The van der Waals surface area contributed by atoms with Crippen LogP contribution in [0.5, 0.6) is 11.5 Å². The molecule has 3 unspecified atom stereocenters. The molecule has 0 radical (unpaired) electrons. The van der Waals surface area contributed by atoms with Crippen molar-refractivity contribution in [2.24, 2.45) is 17.8 Å². The Bertz CT molecular complexity index is 894. The lowest BCUT2D eigenvalue weighted by Gasteiger charge is -2.38. The Labute approximate surface area is 214 Å². The predicted octanol–water partition coefficient (Wildman–Crippen LogP) is 8.62. The predicted molar refractivity (Wildman–Crippen MR) is 144 cm³/mol. The van der Waals surface area contributed by atoms with E-state index >= 15 is 0 Å². The zero-order chi connectivity index (χ0) is 26.2. The summed E-state index contributed by atoms with van der Waals surface area (Å²) in [5.41, 5.74) is 2.90. The van der Waals surface area contributed by atoms with Crippen molar-refractivity contribution in [1.29, 1.82) is 5.26 Å². The Hall–Kier alpha value is -2.02. The molecule has 196 valence electrons. The highest BCUT2D eigenvalue weighted by Crippen LogP contribution is 2.45. The van der Waals surface area contributed by atoms with E-state index in [0.717, 1.165) is 65.9 Å². The summed E-state index contributed by atoms with van der Waals surface area (Å²) in [5.74, 6) is 3.24. The molecule has 1 heterocycles. The topological polar surface area (TPSA) is 59.3 Å². The number of carbonyl (C=O) groups is 1. The minimum absolute atomic E-state index is 0.218. The average molecular weight is 484 g/mol. The number of benzene rings is 1. The van der Waals surface area contributed by atoms with Gasteiger partial charge in [0.05, 0.1) is 0 Å². The Kier molecular flexibility index (Phi) is 11.1. The molecule has 0 aliphatic carbocycles. The van der Waals surface area contributed by atoms with Gasteiger partial charge in [0.2, 0.25) is 0 Å². The lowest BCUT2D eigenvalue weighted by Crippen LogP contribution is -2.37. The molecule has 0 bridgehead atoms. The van der Waals surface area contributed by atoms with Gasteiger partial charge in [0, 0.05) is 23.6 Å². The van der Waals surface area contributed by atoms with Crippen molar-refractivity contribution in [1.82, 2.24) is 0 Å². The van der Waals surface area contributed by atoms with Gasteiger partial charge in [-0.1, -0.05) is 72.6 Å². The van der Waals surface area contributed by atoms with E-state index in [1.165, 1.54) is 51.9 Å². The first-order chi connectivity index (χ1) is 16.5. The highest BCUT2D eigenvalue weighted by Gasteiger charge is 2.35. The summed E-state index contributed by atoms with van der Waals surface area (Å²) in [4.78, 5) is 11.6. The first-order valence-electron chi connectivity index (χ1n) is 13.9. The first kappa shape index (κ1) is 29.2. The fourth-order valence-electron chi connectivity index (χ4n) is 5.52. The molecule has 35 heavy (non-hydrogen) atoms. The summed E-state index contributed by atoms with van der Waals surface area (Å²) in [6, 6.07) is 2.23. The van der Waals surface area contributed by atoms with Gasteiger partial charge in [0.15, 0.2) is 5.75 Å². The lowest BCUT2D eigenvalue weighted by atomic mass is 9.83. The summed E-state index contributed by atoms with van der Waals surface area (Å²) in [6.45, 7) is 16.9. The fraction of sp³-hybridized carbons (Fsp3) is 0.742. The van der Waals surface area contributed by atoms with Crippen molar-refractivity contribution < 1.29 is 14.3 Å². The molecular weight excluding hydrogens is 434 g/mol. The molecule has 0 amide bonds. The number of rotatable bonds is 13. The monoisotopic (exact) mass is 483 g/mol. The van der Waals surface area contributed by atoms with Crippen LogP contribution < -0.4 is 9.47 Å². The quantitative estimate of drug-likeness (QED) is 0.208. The van der Waals surface area contributed by atoms with Gasteiger partial charge in [0.25, 0.3) is 0 Å². The van der Waals surface area contributed by atoms with Crippen molar-refractivity contribution >= 4 is 5.97 Å². The van der Waals surface area contributed by atoms with Gasteiger partial charge in [-0.05, 0) is 64.2 Å². The minimum Gasteiger partial charge on any atom is -0.487 e. The largest absolute Gasteiger partial charge is 0.487 e. The second-order valence-corrected chi connectivity index (χ2v) is 11.9. The zero-order valence-corrected chi connectivity index (χ0v) is 23.7. The number of ether oxygens (including phenoxy) is 2. The molecule has 2 rings (SSSR count). The van der Waals surface area contributed by atoms with Gasteiger partial charge in [-0.3, -0.25) is 4.79 Å². The Balaban J connectivity index is 1.87. The number of carbonyl (C=O) groups excluding carboxylic acids is 1. The van der Waals surface area contributed by atoms with Crippen molar-refractivity contribution in [3.8, 4) is 17.6 Å². The van der Waals surface area contributed by atoms with E-state index in [2.05, 4.69) is 40.7 Å². The van der Waals surface area contributed by atoms with Crippen molar-refractivity contribution in [3.63, 3.8) is 0 Å². The lowest BCUT2D eigenvalue weighted by molar-refractivity contribution is -0.131. The molecule has 4 heteroatoms. The molecule has 1 aliphatic rings. The molecule has 1 aromatic rings. The van der Waals surface area contributed by atoms with Crippen LogP contribution in [0.4, 0.5) is 0 Å². The maximum atomic E-state index is 11.6. The molecule has 0 N–H and O–H groups in total. The van der Waals surface area contributed by atoms with E-state index in [1.807, 2.05) is 13.8 Å². The van der Waals surface area contributed by atoms with Crippen molar-refractivity contribution in [2.75, 3.05) is 0 Å². The van der Waals surface area contributed by atoms with Crippen LogP contribution >= 0.6 is 0 Å². The number of hydrogen-bond acceptors (Lipinski definition) is 4. The molecule has 4 nitrogen and oxygen atoms in total. The normalized spacial score (nSPS) is 19.0. The number of esters is 1. The Morgan fingerprint density at radius 2 is 1.57 bits per heavy atom. The summed E-state index contributed by atoms with van der Waals surface area (Å²) in [7, 11) is 0. The van der Waals surface area contributed by atoms with Crippen LogP contribution in [0.1, 0.15) is 128 Å². The van der Waals surface area contributed by atoms with E-state index < -0.39 is 5.97 Å². The molecule has 0 saturated carbocycles. The Morgan fingerprint density at radius 3 is 2.11 bits per heavy atom. The van der Waals surface area contributed by atoms with E-state index in [1.54, 1.807) is 0 Å². The number of nitrogens with zero attached hydrogens (tertiary/aromatic N) is 1. The molecule has 0 saturated heterocycles. The standard InChI is InChI=1S/C31H49NO3/c1-21(2)12-9-13-22(3)14-10-15-23(4)16-11-18-31(8)19-17-27-24(5)29(34-26(7)33)28(20-32)25(6)30(27)35-31/h21-23H,9-19H2,1-8H3. The van der Waals surface area contributed by atoms with Gasteiger partial charge in [0.1, 0.15) is 23.0 Å². The van der Waals surface area contributed by atoms with Crippen LogP contribution in [0.3, 0.4) is 0 Å². The smallest absolute Gasteiger partial charge is 0.308 e. The van der Waals surface area contributed by atoms with E-state index in [4.69, 9.17) is 9.47 Å². The van der Waals surface area contributed by atoms with Crippen LogP contribution in [0.25, 0.3) is 0 Å². The maximum absolute atomic E-state index is 11.6. The zero-order valence-electron chi connectivity index (χ0n) is 23.7. The Morgan fingerprint density at radius 1 is 1.00 bits per heavy atom. The molecule has 0 fully saturated rings. The summed E-state index contributed by atoms with van der Waals surface area (Å²) in [5, 5.41) is 9.74. The highest BCUT2D eigenvalue weighted by molar-refractivity contribution is 5.73. The third kappa shape index (κ3) is 8.55. The molecular formula is C31H49NO3. The third-order valence-electron chi connectivity index (χ3n) is 7.89. The van der Waals surface area contributed by atoms with E-state index in [0.29, 0.717) is 11.3 Å². The maximum Gasteiger partial charge on any atom is 0.308 e. The van der Waals surface area contributed by atoms with Crippen molar-refractivity contribution in [3.05, 3.63) is 22.3 Å². The molecule has 0 spiro atoms. The molecule has 0 aromatic heterocycles. The summed E-state index contributed by atoms with van der Waals surface area (Å²) in [6.07, 6.45) is 13.3. The number of nitriles is 1. The van der Waals surface area contributed by atoms with E-state index in [-0.39, 0.29) is 5.60 Å². The van der Waals surface area contributed by atoms with Gasteiger partial charge in [-0.2, -0.15) is 5.26 Å². The fourth-order valence-corrected chi connectivity index (χ4v) is 5.52. The van der Waals surface area contributed by atoms with Crippen LogP contribution in [0.2, 0.25) is 0 Å². The number of hydrogen-bond donors (Lipinski definition) is 0. The SMILES string of the molecule is CC(=O)Oc1c(C)c2c(c(C)c1C#N)OC(C)(CCCC(C)CCCC(C)CCCC(C)C)CC2. The van der Waals surface area contributed by atoms with E-state index in [9.17, 15) is 10.1 Å². The second-order valence-electron chi connectivity index (χ2n) is 11.9. The summed E-state index contributed by atoms with van der Waals surface area (Å²) < 4.78 is 12.0. The molecule has 3 atom stereocenters. The highest BCUT2D eigenvalue weighted by atomic mass is 16.5. The van der Waals surface area contributed by atoms with Crippen LogP contribution in [0.15, 0.2) is 0 Å². The third-order valence-corrected chi connectivity index (χ3v) is 7.89. The van der Waals surface area contributed by atoms with Crippen LogP contribution in [-0.4, -0.2) is 11.6 Å². The molecule has 1 aliphatic heterocycles. The van der Waals surface area contributed by atoms with Gasteiger partial charge >= 0.3 is 5.97 Å². The van der Waals surface area contributed by atoms with Gasteiger partial charge in [-0.15, -0.1) is 0 Å². The van der Waals surface area contributed by atoms with Crippen molar-refractivity contribution in [2.45, 2.75) is 132 Å². The number of fused-ring (bicyclic) bond motifs is 1. The summed E-state index contributed by atoms with van der Waals surface area (Å²) >= 11 is 0. The van der Waals surface area contributed by atoms with Gasteiger partial charge < -0.3 is 9.47 Å². The molecule has 1 aromatic carbocycles. The van der Waals surface area contributed by atoms with Crippen LogP contribution in [0, 0.1) is 42.9 Å². The van der Waals surface area contributed by atoms with Crippen LogP contribution in [-0.2, 0) is 11.2 Å². The second kappa shape index (κ2) is 13.3. The van der Waals surface area contributed by atoms with Gasteiger partial charge in [-0.25, -0.2) is 0 Å². The average Bonchev–Trinajstić information content (AvgIpc) is 2.77.